The monoisotopic (exact) mass is 206 g/mol. The van der Waals surface area contributed by atoms with Crippen molar-refractivity contribution in [2.45, 2.75) is 26.9 Å². The van der Waals surface area contributed by atoms with Crippen LogP contribution in [0.2, 0.25) is 0 Å². The molecule has 0 atom stereocenters. The number of hydrogen-bond donors (Lipinski definition) is 1. The van der Waals surface area contributed by atoms with Crippen LogP contribution in [-0.2, 0) is 13.1 Å². The summed E-state index contributed by atoms with van der Waals surface area (Å²) >= 11 is 0. The first-order valence-electron chi connectivity index (χ1n) is 4.87. The molecule has 2 aromatic heterocycles. The average Bonchev–Trinajstić information content (AvgIpc) is 2.80. The molecule has 0 aliphatic rings. The van der Waals surface area contributed by atoms with Crippen molar-refractivity contribution in [2.24, 2.45) is 0 Å². The highest BCUT2D eigenvalue weighted by atomic mass is 15.4. The lowest BCUT2D eigenvalue weighted by Gasteiger charge is -2.05. The van der Waals surface area contributed by atoms with Crippen LogP contribution >= 0.6 is 0 Å². The summed E-state index contributed by atoms with van der Waals surface area (Å²) in [6.45, 7) is 5.39. The Morgan fingerprint density at radius 1 is 1.33 bits per heavy atom. The summed E-state index contributed by atoms with van der Waals surface area (Å²) in [5.74, 6) is 0.892. The molecule has 0 unspecified atom stereocenters. The Balaban J connectivity index is 2.25. The Hall–Kier alpha value is -1.85. The predicted molar refractivity (Wildman–Crippen MR) is 56.2 cm³/mol. The smallest absolute Gasteiger partial charge is 0.148 e. The van der Waals surface area contributed by atoms with E-state index in [1.54, 1.807) is 12.5 Å². The average molecular weight is 206 g/mol. The van der Waals surface area contributed by atoms with Crippen molar-refractivity contribution in [3.8, 4) is 0 Å². The van der Waals surface area contributed by atoms with Gasteiger partial charge in [-0.3, -0.25) is 4.68 Å². The summed E-state index contributed by atoms with van der Waals surface area (Å²) in [7, 11) is 0. The number of nitrogens with zero attached hydrogens (tertiary/aromatic N) is 5. The lowest BCUT2D eigenvalue weighted by molar-refractivity contribution is 0.561. The van der Waals surface area contributed by atoms with E-state index in [-0.39, 0.29) is 0 Å². The Kier molecular flexibility index (Phi) is 2.40. The molecule has 0 spiro atoms. The van der Waals surface area contributed by atoms with Crippen LogP contribution in [0.15, 0.2) is 12.5 Å². The maximum atomic E-state index is 5.71. The van der Waals surface area contributed by atoms with E-state index in [0.29, 0.717) is 12.2 Å². The van der Waals surface area contributed by atoms with E-state index in [1.807, 2.05) is 23.2 Å². The SMILES string of the molecule is CCn1ncnc1Cn1ncc(N)c1C. The Bertz CT molecular complexity index is 455. The van der Waals surface area contributed by atoms with Crippen molar-refractivity contribution < 1.29 is 0 Å². The molecule has 80 valence electrons. The molecule has 2 N–H and O–H groups in total. The van der Waals surface area contributed by atoms with Crippen molar-refractivity contribution in [3.05, 3.63) is 24.0 Å². The van der Waals surface area contributed by atoms with Gasteiger partial charge in [0.1, 0.15) is 18.7 Å². The van der Waals surface area contributed by atoms with Crippen LogP contribution in [0.3, 0.4) is 0 Å². The summed E-state index contributed by atoms with van der Waals surface area (Å²) in [4.78, 5) is 4.18. The van der Waals surface area contributed by atoms with Crippen LogP contribution in [0, 0.1) is 6.92 Å². The minimum atomic E-state index is 0.608. The van der Waals surface area contributed by atoms with E-state index in [1.165, 1.54) is 0 Å². The Labute approximate surface area is 87.7 Å². The molecule has 2 heterocycles. The third-order valence-corrected chi connectivity index (χ3v) is 2.43. The first kappa shape index (κ1) is 9.70. The molecule has 15 heavy (non-hydrogen) atoms. The van der Waals surface area contributed by atoms with Crippen molar-refractivity contribution in [2.75, 3.05) is 5.73 Å². The highest BCUT2D eigenvalue weighted by Crippen LogP contribution is 2.09. The van der Waals surface area contributed by atoms with Gasteiger partial charge in [-0.25, -0.2) is 9.67 Å². The maximum Gasteiger partial charge on any atom is 0.148 e. The molecule has 0 fully saturated rings. The first-order chi connectivity index (χ1) is 7.22. The minimum absolute atomic E-state index is 0.608. The van der Waals surface area contributed by atoms with Crippen molar-refractivity contribution in [1.82, 2.24) is 24.5 Å². The molecule has 0 saturated heterocycles. The van der Waals surface area contributed by atoms with Crippen LogP contribution in [0.5, 0.6) is 0 Å². The molecule has 0 amide bonds. The molecule has 0 aliphatic carbocycles. The van der Waals surface area contributed by atoms with E-state index < -0.39 is 0 Å². The largest absolute Gasteiger partial charge is 0.396 e. The molecule has 6 heteroatoms. The molecule has 2 rings (SSSR count). The lowest BCUT2D eigenvalue weighted by atomic mass is 10.4. The summed E-state index contributed by atoms with van der Waals surface area (Å²) in [6, 6.07) is 0. The van der Waals surface area contributed by atoms with Gasteiger partial charge < -0.3 is 5.73 Å². The zero-order valence-corrected chi connectivity index (χ0v) is 8.88. The molecule has 0 aliphatic heterocycles. The van der Waals surface area contributed by atoms with Gasteiger partial charge >= 0.3 is 0 Å². The van der Waals surface area contributed by atoms with E-state index in [4.69, 9.17) is 5.73 Å². The van der Waals surface area contributed by atoms with Crippen LogP contribution in [0.25, 0.3) is 0 Å². The minimum Gasteiger partial charge on any atom is -0.396 e. The highest BCUT2D eigenvalue weighted by Gasteiger charge is 2.07. The molecule has 0 bridgehead atoms. The van der Waals surface area contributed by atoms with Gasteiger partial charge in [0.25, 0.3) is 0 Å². The van der Waals surface area contributed by atoms with E-state index in [9.17, 15) is 0 Å². The number of aromatic nitrogens is 5. The summed E-state index contributed by atoms with van der Waals surface area (Å²) in [5, 5.41) is 8.28. The van der Waals surface area contributed by atoms with Crippen molar-refractivity contribution >= 4 is 5.69 Å². The second-order valence-electron chi connectivity index (χ2n) is 3.34. The third kappa shape index (κ3) is 1.70. The normalized spacial score (nSPS) is 10.8. The van der Waals surface area contributed by atoms with E-state index >= 15 is 0 Å². The van der Waals surface area contributed by atoms with Gasteiger partial charge in [-0.1, -0.05) is 0 Å². The summed E-state index contributed by atoms with van der Waals surface area (Å²) < 4.78 is 3.67. The molecule has 2 aromatic rings. The van der Waals surface area contributed by atoms with Crippen LogP contribution in [0.4, 0.5) is 5.69 Å². The third-order valence-electron chi connectivity index (χ3n) is 2.43. The zero-order chi connectivity index (χ0) is 10.8. The van der Waals surface area contributed by atoms with Gasteiger partial charge in [0, 0.05) is 6.54 Å². The fraction of sp³-hybridized carbons (Fsp3) is 0.444. The van der Waals surface area contributed by atoms with E-state index in [2.05, 4.69) is 15.2 Å². The summed E-state index contributed by atoms with van der Waals surface area (Å²) in [6.07, 6.45) is 3.21. The van der Waals surface area contributed by atoms with Crippen LogP contribution in [0.1, 0.15) is 18.4 Å². The fourth-order valence-electron chi connectivity index (χ4n) is 1.43. The molecule has 0 radical (unpaired) electrons. The van der Waals surface area contributed by atoms with Gasteiger partial charge in [0.15, 0.2) is 0 Å². The van der Waals surface area contributed by atoms with Gasteiger partial charge in [-0.2, -0.15) is 10.2 Å². The number of rotatable bonds is 3. The summed E-state index contributed by atoms with van der Waals surface area (Å²) in [5.41, 5.74) is 7.38. The standard InChI is InChI=1S/C9H14N6/c1-3-14-9(11-6-13-14)5-15-7(2)8(10)4-12-15/h4,6H,3,5,10H2,1-2H3. The van der Waals surface area contributed by atoms with Crippen molar-refractivity contribution in [1.29, 1.82) is 0 Å². The Morgan fingerprint density at radius 3 is 2.73 bits per heavy atom. The molecular weight excluding hydrogens is 192 g/mol. The van der Waals surface area contributed by atoms with Gasteiger partial charge in [0.05, 0.1) is 17.6 Å². The number of nitrogens with two attached hydrogens (primary N) is 1. The second kappa shape index (κ2) is 3.72. The zero-order valence-electron chi connectivity index (χ0n) is 8.88. The number of aryl methyl sites for hydroxylation is 1. The van der Waals surface area contributed by atoms with Gasteiger partial charge in [-0.05, 0) is 13.8 Å². The maximum absolute atomic E-state index is 5.71. The molecule has 6 nitrogen and oxygen atoms in total. The van der Waals surface area contributed by atoms with E-state index in [0.717, 1.165) is 18.1 Å². The van der Waals surface area contributed by atoms with Gasteiger partial charge in [0.2, 0.25) is 0 Å². The van der Waals surface area contributed by atoms with Crippen LogP contribution in [-0.4, -0.2) is 24.5 Å². The molecule has 0 saturated carbocycles. The van der Waals surface area contributed by atoms with Gasteiger partial charge in [-0.15, -0.1) is 0 Å². The first-order valence-corrected chi connectivity index (χ1v) is 4.87. The quantitative estimate of drug-likeness (QED) is 0.790. The predicted octanol–water partition coefficient (Wildman–Crippen LogP) is 0.433. The Morgan fingerprint density at radius 2 is 2.13 bits per heavy atom. The second-order valence-corrected chi connectivity index (χ2v) is 3.34. The lowest BCUT2D eigenvalue weighted by Crippen LogP contribution is -2.11. The number of anilines is 1. The molecule has 0 aromatic carbocycles. The van der Waals surface area contributed by atoms with Crippen molar-refractivity contribution in [3.63, 3.8) is 0 Å². The molecular formula is C9H14N6. The highest BCUT2D eigenvalue weighted by molar-refractivity contribution is 5.39. The van der Waals surface area contributed by atoms with Crippen LogP contribution < -0.4 is 5.73 Å². The number of nitrogen functional groups attached to an aromatic ring is 1. The topological polar surface area (TPSA) is 74.5 Å². The fourth-order valence-corrected chi connectivity index (χ4v) is 1.43. The number of hydrogen-bond acceptors (Lipinski definition) is 4.